The Kier molecular flexibility index (Phi) is 12.0. The monoisotopic (exact) mass is 835 g/mol. The van der Waals surface area contributed by atoms with Crippen LogP contribution in [0.15, 0.2) is 36.5 Å². The number of methoxy groups -OCH3 is 1. The van der Waals surface area contributed by atoms with Gasteiger partial charge in [0.2, 0.25) is 27.7 Å². The van der Waals surface area contributed by atoms with Gasteiger partial charge in [-0.2, -0.15) is 0 Å². The maximum absolute atomic E-state index is 14.9. The van der Waals surface area contributed by atoms with Gasteiger partial charge in [0.1, 0.15) is 35.3 Å². The molecule has 2 aliphatic carbocycles. The average molecular weight is 836 g/mol. The van der Waals surface area contributed by atoms with Crippen molar-refractivity contribution in [3.63, 3.8) is 0 Å². The molecule has 0 radical (unpaired) electrons. The van der Waals surface area contributed by atoms with Gasteiger partial charge in [-0.1, -0.05) is 32.4 Å². The molecule has 1 aromatic heterocycles. The molecular formula is C40H52F3N5O9S. The number of alkyl halides is 2. The third-order valence-corrected chi connectivity index (χ3v) is 13.7. The summed E-state index contributed by atoms with van der Waals surface area (Å²) in [6.07, 6.45) is 5.67. The highest BCUT2D eigenvalue weighted by Gasteiger charge is 2.62. The highest BCUT2D eigenvalue weighted by molar-refractivity contribution is 7.91. The molecule has 6 rings (SSSR count). The summed E-state index contributed by atoms with van der Waals surface area (Å²) in [4.78, 5) is 62.2. The first-order chi connectivity index (χ1) is 27.2. The number of halogens is 3. The molecule has 318 valence electrons. The van der Waals surface area contributed by atoms with E-state index in [0.29, 0.717) is 56.6 Å². The molecule has 0 bridgehead atoms. The number of hydrogen-bond donors (Lipinski definition) is 3. The fourth-order valence-electron chi connectivity index (χ4n) is 7.77. The Morgan fingerprint density at radius 1 is 1.10 bits per heavy atom. The summed E-state index contributed by atoms with van der Waals surface area (Å²) >= 11 is 0. The van der Waals surface area contributed by atoms with Crippen LogP contribution in [0.3, 0.4) is 0 Å². The number of sulfonamides is 1. The van der Waals surface area contributed by atoms with Gasteiger partial charge in [-0.3, -0.25) is 19.1 Å². The van der Waals surface area contributed by atoms with Gasteiger partial charge in [0, 0.05) is 24.6 Å². The molecule has 3 heterocycles. The number of rotatable bonds is 10. The van der Waals surface area contributed by atoms with Crippen molar-refractivity contribution in [2.45, 2.75) is 126 Å². The molecule has 4 amide bonds. The minimum Gasteiger partial charge on any atom is -0.494 e. The third-order valence-electron chi connectivity index (χ3n) is 11.9. The van der Waals surface area contributed by atoms with Crippen molar-refractivity contribution in [1.82, 2.24) is 25.2 Å². The summed E-state index contributed by atoms with van der Waals surface area (Å²) < 4.78 is 88.3. The minimum absolute atomic E-state index is 0.000227. The van der Waals surface area contributed by atoms with E-state index in [1.807, 2.05) is 19.9 Å². The zero-order valence-corrected chi connectivity index (χ0v) is 34.3. The van der Waals surface area contributed by atoms with E-state index in [1.54, 1.807) is 6.08 Å². The van der Waals surface area contributed by atoms with Gasteiger partial charge >= 0.3 is 6.09 Å². The first-order valence-electron chi connectivity index (χ1n) is 19.7. The molecular weight excluding hydrogens is 784 g/mol. The van der Waals surface area contributed by atoms with E-state index in [0.717, 1.165) is 13.8 Å². The Hall–Kier alpha value is -4.61. The molecule has 0 unspecified atom stereocenters. The van der Waals surface area contributed by atoms with Crippen LogP contribution in [0.4, 0.5) is 18.0 Å². The summed E-state index contributed by atoms with van der Waals surface area (Å²) in [7, 11) is -2.55. The molecule has 4 aliphatic rings. The molecule has 2 aliphatic heterocycles. The molecule has 58 heavy (non-hydrogen) atoms. The second-order valence-electron chi connectivity index (χ2n) is 16.7. The molecule has 2 saturated carbocycles. The quantitative estimate of drug-likeness (QED) is 0.271. The van der Waals surface area contributed by atoms with Crippen LogP contribution in [-0.4, -0.2) is 96.3 Å². The zero-order chi connectivity index (χ0) is 42.4. The second-order valence-corrected chi connectivity index (χ2v) is 18.6. The lowest BCUT2D eigenvalue weighted by Gasteiger charge is -2.35. The molecule has 3 N–H and O–H groups in total. The maximum Gasteiger partial charge on any atom is 0.408 e. The van der Waals surface area contributed by atoms with Crippen molar-refractivity contribution in [2.75, 3.05) is 13.7 Å². The largest absolute Gasteiger partial charge is 0.494 e. The van der Waals surface area contributed by atoms with Gasteiger partial charge in [0.05, 0.1) is 30.5 Å². The second kappa shape index (κ2) is 16.2. The molecule has 0 spiro atoms. The maximum atomic E-state index is 14.9. The molecule has 2 aromatic rings. The Bertz CT molecular complexity index is 2080. The number of nitrogens with one attached hydrogen (secondary N) is 3. The van der Waals surface area contributed by atoms with Crippen LogP contribution < -0.4 is 24.8 Å². The van der Waals surface area contributed by atoms with Crippen LogP contribution in [-0.2, 0) is 29.1 Å². The Labute approximate surface area is 336 Å². The number of nitrogens with zero attached hydrogens (tertiary/aromatic N) is 2. The molecule has 3 fully saturated rings. The van der Waals surface area contributed by atoms with E-state index >= 15 is 0 Å². The van der Waals surface area contributed by atoms with Crippen LogP contribution in [0.25, 0.3) is 10.8 Å². The molecule has 14 nitrogen and oxygen atoms in total. The lowest BCUT2D eigenvalue weighted by atomic mass is 9.85. The third kappa shape index (κ3) is 9.00. The van der Waals surface area contributed by atoms with E-state index in [2.05, 4.69) is 20.3 Å². The van der Waals surface area contributed by atoms with Crippen LogP contribution in [0.2, 0.25) is 0 Å². The first-order valence-corrected chi connectivity index (χ1v) is 21.3. The van der Waals surface area contributed by atoms with E-state index in [-0.39, 0.29) is 36.6 Å². The van der Waals surface area contributed by atoms with Gasteiger partial charge in [-0.25, -0.2) is 31.4 Å². The van der Waals surface area contributed by atoms with Gasteiger partial charge in [-0.15, -0.1) is 0 Å². The number of benzene rings is 1. The van der Waals surface area contributed by atoms with Crippen LogP contribution in [0, 0.1) is 23.6 Å². The summed E-state index contributed by atoms with van der Waals surface area (Å²) in [6.45, 7) is 6.29. The number of hydrogen-bond acceptors (Lipinski definition) is 10. The first kappa shape index (κ1) is 43.0. The Morgan fingerprint density at radius 2 is 1.83 bits per heavy atom. The van der Waals surface area contributed by atoms with Gasteiger partial charge in [-0.05, 0) is 82.4 Å². The molecule has 1 aromatic carbocycles. The average Bonchev–Trinajstić information content (AvgIpc) is 4.07. The number of pyridine rings is 1. The normalized spacial score (nSPS) is 28.9. The summed E-state index contributed by atoms with van der Waals surface area (Å²) in [6, 6.07) is 1.28. The lowest BCUT2D eigenvalue weighted by molar-refractivity contribution is -0.152. The number of aromatic nitrogens is 1. The predicted molar refractivity (Wildman–Crippen MR) is 206 cm³/mol. The SMILES string of the molecule is CC[C@@H]1C[C@@H](C)CC/C=C\[C@@H]2C[C@@]2(C(=O)NS(=O)(=O)C2CC2)NC(=O)[C@@H]2C[C@@H](Oc3ncc(OC)c4ccc(F)cc34)CN2C(=O)[C@H]1NC(=O)OC(C)(C)C(C)(F)F. The topological polar surface area (TPSA) is 182 Å². The summed E-state index contributed by atoms with van der Waals surface area (Å²) in [5, 5.41) is 5.40. The number of alkyl carbamates (subject to hydrolysis) is 1. The molecule has 1 saturated heterocycles. The van der Waals surface area contributed by atoms with Crippen LogP contribution in [0.1, 0.15) is 86.0 Å². The van der Waals surface area contributed by atoms with Crippen LogP contribution >= 0.6 is 0 Å². The van der Waals surface area contributed by atoms with E-state index in [4.69, 9.17) is 14.2 Å². The van der Waals surface area contributed by atoms with Crippen molar-refractivity contribution in [1.29, 1.82) is 0 Å². The van der Waals surface area contributed by atoms with Gasteiger partial charge in [0.25, 0.3) is 11.8 Å². The van der Waals surface area contributed by atoms with Crippen molar-refractivity contribution >= 4 is 44.6 Å². The fourth-order valence-corrected chi connectivity index (χ4v) is 9.14. The highest BCUT2D eigenvalue weighted by atomic mass is 32.2. The zero-order valence-electron chi connectivity index (χ0n) is 33.5. The smallest absolute Gasteiger partial charge is 0.408 e. The van der Waals surface area contributed by atoms with Gasteiger partial charge < -0.3 is 29.7 Å². The summed E-state index contributed by atoms with van der Waals surface area (Å²) in [5.74, 6) is -7.14. The minimum atomic E-state index is -3.98. The number of carbonyl (C=O) groups is 4. The van der Waals surface area contributed by atoms with Crippen molar-refractivity contribution in [2.24, 2.45) is 17.8 Å². The van der Waals surface area contributed by atoms with Crippen molar-refractivity contribution in [3.05, 3.63) is 42.4 Å². The fraction of sp³-hybridized carbons (Fsp3) is 0.625. The molecule has 7 atom stereocenters. The lowest BCUT2D eigenvalue weighted by Crippen LogP contribution is -2.59. The predicted octanol–water partition coefficient (Wildman–Crippen LogP) is 5.15. The number of allylic oxidation sites excluding steroid dienone is 1. The standard InChI is InChI=1S/C40H52F3N5O9S/c1-7-23-16-22(2)10-8-9-11-24-19-40(24,36(51)47-58(53,54)27-13-14-27)46-33(49)30-18-26(56-34-29-17-25(41)12-15-28(29)31(55-6)20-44-34)21-48(30)35(50)32(23)45-37(52)57-38(3,4)39(5,42)43/h9,11-12,15,17,20,22-24,26-27,30,32H,7-8,10,13-14,16,18-19,21H2,1-6H3,(H,45,52)(H,46,49)(H,47,51)/b11-9-/t22-,23+,24+,26+,30-,32-,40+/m0/s1. The Morgan fingerprint density at radius 3 is 2.48 bits per heavy atom. The highest BCUT2D eigenvalue weighted by Crippen LogP contribution is 2.46. The van der Waals surface area contributed by atoms with Crippen molar-refractivity contribution in [3.8, 4) is 11.6 Å². The molecule has 18 heteroatoms. The van der Waals surface area contributed by atoms with E-state index in [1.165, 1.54) is 36.4 Å². The number of carbonyl (C=O) groups excluding carboxylic acids is 4. The van der Waals surface area contributed by atoms with Crippen molar-refractivity contribution < 1.29 is 55.0 Å². The Balaban J connectivity index is 1.38. The number of amides is 4. The van der Waals surface area contributed by atoms with E-state index < -0.39 is 92.0 Å². The number of ether oxygens (including phenoxy) is 3. The summed E-state index contributed by atoms with van der Waals surface area (Å²) in [5.41, 5.74) is -3.88. The van der Waals surface area contributed by atoms with Gasteiger partial charge in [0.15, 0.2) is 5.60 Å². The number of fused-ring (bicyclic) bond motifs is 3. The van der Waals surface area contributed by atoms with Crippen LogP contribution in [0.5, 0.6) is 11.6 Å². The van der Waals surface area contributed by atoms with E-state index in [9.17, 15) is 40.8 Å².